The van der Waals surface area contributed by atoms with Crippen LogP contribution in [0.4, 0.5) is 0 Å². The predicted octanol–water partition coefficient (Wildman–Crippen LogP) is 3.67. The molecule has 2 aromatic carbocycles. The number of carbonyl (C=O) groups excluding carboxylic acids is 1. The molecule has 0 saturated carbocycles. The van der Waals surface area contributed by atoms with E-state index in [0.29, 0.717) is 26.2 Å². The summed E-state index contributed by atoms with van der Waals surface area (Å²) in [5, 5.41) is 0. The second-order valence-electron chi connectivity index (χ2n) is 7.75. The molecule has 1 aromatic heterocycles. The van der Waals surface area contributed by atoms with Crippen molar-refractivity contribution in [1.82, 2.24) is 9.55 Å². The van der Waals surface area contributed by atoms with Crippen molar-refractivity contribution in [3.63, 3.8) is 0 Å². The molecule has 0 aliphatic rings. The molecule has 0 atom stereocenters. The Labute approximate surface area is 185 Å². The van der Waals surface area contributed by atoms with E-state index in [9.17, 15) is 4.79 Å². The van der Waals surface area contributed by atoms with Crippen LogP contribution < -0.4 is 10.2 Å². The largest absolute Gasteiger partial charge is 0.493 e. The number of unbranched alkanes of at least 4 members (excludes halogenated alkanes) is 2. The zero-order valence-electron chi connectivity index (χ0n) is 18.8. The van der Waals surface area contributed by atoms with Crippen LogP contribution in [-0.4, -0.2) is 36.6 Å². The lowest BCUT2D eigenvalue weighted by molar-refractivity contribution is -0.143. The molecule has 31 heavy (non-hydrogen) atoms. The fourth-order valence-electron chi connectivity index (χ4n) is 3.50. The Kier molecular flexibility index (Phi) is 8.33. The third-order valence-corrected chi connectivity index (χ3v) is 5.25. The van der Waals surface area contributed by atoms with Gasteiger partial charge in [-0.3, -0.25) is 4.79 Å². The molecule has 162 valence electrons. The highest BCUT2D eigenvalue weighted by atomic mass is 16.5. The molecule has 0 N–H and O–H groups in total. The van der Waals surface area contributed by atoms with Crippen LogP contribution in [0.3, 0.4) is 0 Å². The van der Waals surface area contributed by atoms with Gasteiger partial charge in [-0.05, 0) is 39.2 Å². The maximum absolute atomic E-state index is 11.4. The number of nitrogens with zero attached hydrogens (tertiary/aromatic N) is 2. The molecule has 6 heteroatoms. The lowest BCUT2D eigenvalue weighted by atomic mass is 9.95. The third kappa shape index (κ3) is 6.48. The highest BCUT2D eigenvalue weighted by molar-refractivity contribution is 6.32. The van der Waals surface area contributed by atoms with Crippen LogP contribution in [0.25, 0.3) is 11.4 Å². The Morgan fingerprint density at radius 3 is 2.61 bits per heavy atom. The Hall–Kier alpha value is -3.02. The zero-order valence-corrected chi connectivity index (χ0v) is 18.8. The number of esters is 1. The monoisotopic (exact) mass is 418 g/mol. The maximum atomic E-state index is 11.4. The molecule has 0 radical (unpaired) electrons. The van der Waals surface area contributed by atoms with Gasteiger partial charge in [0, 0.05) is 29.4 Å². The van der Waals surface area contributed by atoms with Gasteiger partial charge in [0.05, 0.1) is 19.8 Å². The summed E-state index contributed by atoms with van der Waals surface area (Å²) in [7, 11) is 2.09. The van der Waals surface area contributed by atoms with E-state index in [1.54, 1.807) is 0 Å². The Bertz CT molecular complexity index is 983. The minimum atomic E-state index is -0.117. The highest BCUT2D eigenvalue weighted by Crippen LogP contribution is 2.24. The van der Waals surface area contributed by atoms with Crippen molar-refractivity contribution in [3.05, 3.63) is 66.0 Å². The minimum absolute atomic E-state index is 0.117. The maximum Gasteiger partial charge on any atom is 0.305 e. The van der Waals surface area contributed by atoms with Gasteiger partial charge in [-0.1, -0.05) is 47.9 Å². The van der Waals surface area contributed by atoms with Gasteiger partial charge in [0.2, 0.25) is 0 Å². The van der Waals surface area contributed by atoms with Crippen molar-refractivity contribution < 1.29 is 14.3 Å². The summed E-state index contributed by atoms with van der Waals surface area (Å²) in [6.07, 6.45) is 5.08. The fourth-order valence-corrected chi connectivity index (χ4v) is 3.50. The summed E-state index contributed by atoms with van der Waals surface area (Å²) in [6, 6.07) is 16.6. The first-order valence-electron chi connectivity index (χ1n) is 11.0. The number of rotatable bonds is 11. The summed E-state index contributed by atoms with van der Waals surface area (Å²) in [5.41, 5.74) is 4.59. The number of carbonyl (C=O) groups is 1. The number of ether oxygens (including phenoxy) is 2. The van der Waals surface area contributed by atoms with Crippen LogP contribution in [-0.2, 0) is 16.1 Å². The van der Waals surface area contributed by atoms with E-state index < -0.39 is 0 Å². The summed E-state index contributed by atoms with van der Waals surface area (Å²) in [4.78, 5) is 16.1. The first kappa shape index (κ1) is 22.7. The van der Waals surface area contributed by atoms with Gasteiger partial charge in [-0.25, -0.2) is 4.98 Å². The number of aryl methyl sites for hydroxylation is 1. The Morgan fingerprint density at radius 2 is 1.84 bits per heavy atom. The van der Waals surface area contributed by atoms with Crippen LogP contribution in [0.1, 0.15) is 43.9 Å². The fraction of sp³-hybridized carbons (Fsp3) is 0.360. The first-order chi connectivity index (χ1) is 15.1. The van der Waals surface area contributed by atoms with E-state index in [0.717, 1.165) is 47.7 Å². The lowest BCUT2D eigenvalue weighted by Crippen LogP contribution is -2.08. The van der Waals surface area contributed by atoms with Crippen LogP contribution in [0, 0.1) is 6.92 Å². The second kappa shape index (κ2) is 11.4. The molecule has 0 spiro atoms. The molecule has 0 saturated heterocycles. The normalized spacial score (nSPS) is 10.8. The van der Waals surface area contributed by atoms with E-state index in [1.165, 1.54) is 5.46 Å². The summed E-state index contributed by atoms with van der Waals surface area (Å²) in [5.74, 6) is 1.75. The molecule has 3 rings (SSSR count). The van der Waals surface area contributed by atoms with Gasteiger partial charge in [0.15, 0.2) is 0 Å². The van der Waals surface area contributed by atoms with Gasteiger partial charge in [0.25, 0.3) is 0 Å². The van der Waals surface area contributed by atoms with Gasteiger partial charge in [0.1, 0.15) is 19.4 Å². The first-order valence-corrected chi connectivity index (χ1v) is 11.0. The average Bonchev–Trinajstić information content (AvgIpc) is 3.12. The smallest absolute Gasteiger partial charge is 0.305 e. The lowest BCUT2D eigenvalue weighted by Gasteiger charge is -2.15. The summed E-state index contributed by atoms with van der Waals surface area (Å²) < 4.78 is 13.3. The third-order valence-electron chi connectivity index (χ3n) is 5.25. The molecular weight excluding hydrogens is 387 g/mol. The molecule has 0 aliphatic carbocycles. The van der Waals surface area contributed by atoms with E-state index >= 15 is 0 Å². The SMILES string of the molecule is Bc1ccc(-c2ncc(C)n2Cc2ccccc2OCCCCCC(=O)OCC)cc1. The van der Waals surface area contributed by atoms with Crippen molar-refractivity contribution >= 4 is 19.3 Å². The zero-order chi connectivity index (χ0) is 22.1. The van der Waals surface area contributed by atoms with Crippen molar-refractivity contribution in [2.45, 2.75) is 46.1 Å². The van der Waals surface area contributed by atoms with E-state index in [4.69, 9.17) is 9.47 Å². The highest BCUT2D eigenvalue weighted by Gasteiger charge is 2.12. The predicted molar refractivity (Wildman–Crippen MR) is 127 cm³/mol. The molecule has 0 bridgehead atoms. The number of imidazole rings is 1. The number of aromatic nitrogens is 2. The molecule has 3 aromatic rings. The van der Waals surface area contributed by atoms with Gasteiger partial charge >= 0.3 is 5.97 Å². The summed E-state index contributed by atoms with van der Waals surface area (Å²) >= 11 is 0. The van der Waals surface area contributed by atoms with E-state index in [2.05, 4.69) is 54.7 Å². The topological polar surface area (TPSA) is 53.4 Å². The van der Waals surface area contributed by atoms with Gasteiger partial charge in [-0.2, -0.15) is 0 Å². The number of benzene rings is 2. The molecule has 0 aliphatic heterocycles. The quantitative estimate of drug-likeness (QED) is 0.271. The molecule has 5 nitrogen and oxygen atoms in total. The van der Waals surface area contributed by atoms with Crippen molar-refractivity contribution in [1.29, 1.82) is 0 Å². The van der Waals surface area contributed by atoms with Crippen molar-refractivity contribution in [2.24, 2.45) is 0 Å². The van der Waals surface area contributed by atoms with Crippen LogP contribution >= 0.6 is 0 Å². The number of para-hydroxylation sites is 1. The Morgan fingerprint density at radius 1 is 1.06 bits per heavy atom. The average molecular weight is 418 g/mol. The van der Waals surface area contributed by atoms with Crippen molar-refractivity contribution in [3.8, 4) is 17.1 Å². The van der Waals surface area contributed by atoms with Crippen LogP contribution in [0.2, 0.25) is 0 Å². The molecule has 0 unspecified atom stereocenters. The van der Waals surface area contributed by atoms with E-state index in [-0.39, 0.29) is 5.97 Å². The number of hydrogen-bond acceptors (Lipinski definition) is 4. The standard InChI is InChI=1S/C25H31BN2O3/c1-3-30-24(29)11-5-4-8-16-31-23-10-7-6-9-21(23)18-28-19(2)17-27-25(28)20-12-14-22(26)15-13-20/h6-7,9-10,12-15,17H,3-5,8,11,16,18,26H2,1-2H3. The molecule has 1 heterocycles. The Balaban J connectivity index is 1.61. The van der Waals surface area contributed by atoms with Gasteiger partial charge in [-0.15, -0.1) is 0 Å². The van der Waals surface area contributed by atoms with Crippen molar-refractivity contribution in [2.75, 3.05) is 13.2 Å². The number of hydrogen-bond donors (Lipinski definition) is 0. The second-order valence-corrected chi connectivity index (χ2v) is 7.75. The van der Waals surface area contributed by atoms with E-state index in [1.807, 2.05) is 31.3 Å². The minimum Gasteiger partial charge on any atom is -0.493 e. The van der Waals surface area contributed by atoms with Crippen LogP contribution in [0.5, 0.6) is 5.75 Å². The van der Waals surface area contributed by atoms with Gasteiger partial charge < -0.3 is 14.0 Å². The molecule has 0 amide bonds. The van der Waals surface area contributed by atoms with Crippen LogP contribution in [0.15, 0.2) is 54.7 Å². The summed E-state index contributed by atoms with van der Waals surface area (Å²) in [6.45, 7) is 5.69. The molecule has 0 fully saturated rings. The molecular formula is C25H31BN2O3.